The lowest BCUT2D eigenvalue weighted by Gasteiger charge is -2.50. The van der Waals surface area contributed by atoms with E-state index in [1.165, 1.54) is 31.3 Å². The highest BCUT2D eigenvalue weighted by Crippen LogP contribution is 2.65. The highest BCUT2D eigenvalue weighted by Gasteiger charge is 2.70. The number of benzene rings is 3. The molecule has 44 heavy (non-hydrogen) atoms. The zero-order valence-electron chi connectivity index (χ0n) is 24.0. The molecule has 4 aliphatic rings. The van der Waals surface area contributed by atoms with Crippen molar-refractivity contribution in [1.82, 2.24) is 9.91 Å². The maximum absolute atomic E-state index is 15.0. The number of allylic oxidation sites excluding steroid dienone is 2. The number of amides is 4. The molecule has 2 N–H and O–H groups in total. The fraction of sp³-hybridized carbons (Fsp3) is 0.294. The molecule has 2 saturated heterocycles. The number of imide groups is 2. The number of carbonyl (C=O) groups excluding carboxylic acids is 4. The van der Waals surface area contributed by atoms with Crippen LogP contribution in [-0.2, 0) is 24.6 Å². The Morgan fingerprint density at radius 1 is 0.932 bits per heavy atom. The number of para-hydroxylation sites is 1. The Bertz CT molecular complexity index is 1770. The number of fused-ring (bicyclic) bond motifs is 4. The number of halogens is 2. The lowest BCUT2D eigenvalue weighted by Crippen LogP contribution is -2.53. The number of nitrogens with one attached hydrogen (secondary N) is 1. The van der Waals surface area contributed by atoms with Gasteiger partial charge in [0.15, 0.2) is 0 Å². The largest absolute Gasteiger partial charge is 0.507 e. The number of hydrogen-bond donors (Lipinski definition) is 2. The van der Waals surface area contributed by atoms with Crippen LogP contribution < -0.4 is 5.43 Å². The molecule has 224 valence electrons. The van der Waals surface area contributed by atoms with Crippen LogP contribution in [0.3, 0.4) is 0 Å². The van der Waals surface area contributed by atoms with E-state index in [4.69, 9.17) is 11.6 Å². The van der Waals surface area contributed by atoms with Crippen LogP contribution in [0, 0.1) is 36.4 Å². The quantitative estimate of drug-likeness (QED) is 0.313. The number of nitrogens with zero attached hydrogens (tertiary/aromatic N) is 2. The van der Waals surface area contributed by atoms with Gasteiger partial charge >= 0.3 is 0 Å². The second-order valence-electron chi connectivity index (χ2n) is 12.1. The maximum atomic E-state index is 15.0. The number of phenolic OH excluding ortho intramolecular Hbond substituents is 1. The number of carbonyl (C=O) groups is 4. The molecule has 1 saturated carbocycles. The second kappa shape index (κ2) is 10.0. The third kappa shape index (κ3) is 3.81. The van der Waals surface area contributed by atoms with E-state index in [1.54, 1.807) is 49.4 Å². The summed E-state index contributed by atoms with van der Waals surface area (Å²) in [5.41, 5.74) is 4.04. The molecule has 4 amide bonds. The van der Waals surface area contributed by atoms with Gasteiger partial charge in [0.2, 0.25) is 11.8 Å². The highest BCUT2D eigenvalue weighted by atomic mass is 35.5. The summed E-state index contributed by atoms with van der Waals surface area (Å²) in [7, 11) is 1.48. The Hall–Kier alpha value is -4.50. The van der Waals surface area contributed by atoms with Crippen LogP contribution in [0.1, 0.15) is 35.4 Å². The molecule has 0 bridgehead atoms. The van der Waals surface area contributed by atoms with E-state index in [0.29, 0.717) is 33.8 Å². The number of hydrazine groups is 1. The molecule has 3 aromatic carbocycles. The van der Waals surface area contributed by atoms with E-state index < -0.39 is 52.6 Å². The molecule has 0 aromatic heterocycles. The Morgan fingerprint density at radius 3 is 2.34 bits per heavy atom. The minimum absolute atomic E-state index is 0.00982. The van der Waals surface area contributed by atoms with Crippen LogP contribution in [-0.4, -0.2) is 45.7 Å². The zero-order valence-corrected chi connectivity index (χ0v) is 24.7. The van der Waals surface area contributed by atoms with Crippen molar-refractivity contribution >= 4 is 40.9 Å². The minimum atomic E-state index is -1.54. The van der Waals surface area contributed by atoms with E-state index in [9.17, 15) is 28.7 Å². The third-order valence-corrected chi connectivity index (χ3v) is 10.3. The highest BCUT2D eigenvalue weighted by molar-refractivity contribution is 6.30. The standard InChI is InChI=1S/C34H29ClFN3O5/c1-17-4-3-5-24(29(17)40)28-22-14-15-23-27(32(43)38(2)30(23)41)25(22)16-26-31(42)39(37-21-12-10-20(36)11-13-21)33(44)34(26,28)18-6-8-19(35)9-7-18/h3-14,23,25-28,37,40H,15-16H2,1-2H3. The summed E-state index contributed by atoms with van der Waals surface area (Å²) in [5, 5.41) is 13.0. The summed E-state index contributed by atoms with van der Waals surface area (Å²) in [4.78, 5) is 57.2. The fourth-order valence-corrected chi connectivity index (χ4v) is 8.20. The van der Waals surface area contributed by atoms with Gasteiger partial charge in [-0.1, -0.05) is 53.6 Å². The van der Waals surface area contributed by atoms with Crippen molar-refractivity contribution in [3.05, 3.63) is 106 Å². The maximum Gasteiger partial charge on any atom is 0.260 e. The molecule has 2 aliphatic heterocycles. The second-order valence-corrected chi connectivity index (χ2v) is 12.6. The Morgan fingerprint density at radius 2 is 1.64 bits per heavy atom. The Kier molecular flexibility index (Phi) is 6.44. The molecule has 6 unspecified atom stereocenters. The predicted octanol–water partition coefficient (Wildman–Crippen LogP) is 5.11. The van der Waals surface area contributed by atoms with Gasteiger partial charge in [0.1, 0.15) is 11.6 Å². The van der Waals surface area contributed by atoms with Crippen molar-refractivity contribution in [2.75, 3.05) is 12.5 Å². The van der Waals surface area contributed by atoms with Gasteiger partial charge in [0.05, 0.1) is 28.9 Å². The molecule has 0 spiro atoms. The molecule has 3 aromatic rings. The average Bonchev–Trinajstić information content (AvgIpc) is 3.36. The van der Waals surface area contributed by atoms with Crippen LogP contribution in [0.4, 0.5) is 10.1 Å². The van der Waals surface area contributed by atoms with E-state index >= 15 is 0 Å². The summed E-state index contributed by atoms with van der Waals surface area (Å²) in [6, 6.07) is 17.4. The molecule has 6 atom stereocenters. The van der Waals surface area contributed by atoms with E-state index in [2.05, 4.69) is 5.43 Å². The summed E-state index contributed by atoms with van der Waals surface area (Å²) in [6.45, 7) is 1.76. The SMILES string of the molecule is Cc1cccc(C2C3=CCC4C(=O)N(C)C(=O)C4C3CC3C(=O)N(Nc4ccc(F)cc4)C(=O)C32c2ccc(Cl)cc2)c1O. The van der Waals surface area contributed by atoms with Gasteiger partial charge in [-0.3, -0.25) is 29.5 Å². The topological polar surface area (TPSA) is 107 Å². The zero-order chi connectivity index (χ0) is 31.1. The monoisotopic (exact) mass is 613 g/mol. The van der Waals surface area contributed by atoms with Crippen molar-refractivity contribution in [1.29, 1.82) is 0 Å². The van der Waals surface area contributed by atoms with Crippen LogP contribution in [0.25, 0.3) is 0 Å². The smallest absolute Gasteiger partial charge is 0.260 e. The van der Waals surface area contributed by atoms with E-state index in [1.807, 2.05) is 6.08 Å². The number of hydrogen-bond acceptors (Lipinski definition) is 6. The van der Waals surface area contributed by atoms with Gasteiger partial charge < -0.3 is 5.11 Å². The van der Waals surface area contributed by atoms with Crippen LogP contribution in [0.15, 0.2) is 78.4 Å². The van der Waals surface area contributed by atoms with Crippen molar-refractivity contribution in [3.8, 4) is 5.75 Å². The van der Waals surface area contributed by atoms with Crippen molar-refractivity contribution < 1.29 is 28.7 Å². The first-order chi connectivity index (χ1) is 21.0. The molecular formula is C34H29ClFN3O5. The molecule has 2 heterocycles. The van der Waals surface area contributed by atoms with E-state index in [0.717, 1.165) is 15.5 Å². The van der Waals surface area contributed by atoms with E-state index in [-0.39, 0.29) is 24.0 Å². The lowest BCUT2D eigenvalue weighted by molar-refractivity contribution is -0.140. The molecule has 3 fully saturated rings. The summed E-state index contributed by atoms with van der Waals surface area (Å²) in [6.07, 6.45) is 2.37. The summed E-state index contributed by atoms with van der Waals surface area (Å²) < 4.78 is 13.7. The first-order valence-electron chi connectivity index (χ1n) is 14.5. The van der Waals surface area contributed by atoms with Crippen LogP contribution in [0.2, 0.25) is 5.02 Å². The normalized spacial score (nSPS) is 29.4. The lowest BCUT2D eigenvalue weighted by atomic mass is 9.49. The number of phenols is 1. The molecule has 2 aliphatic carbocycles. The molecule has 8 nitrogen and oxygen atoms in total. The van der Waals surface area contributed by atoms with Gasteiger partial charge in [-0.2, -0.15) is 5.01 Å². The Labute approximate surface area is 258 Å². The molecular weight excluding hydrogens is 585 g/mol. The van der Waals surface area contributed by atoms with Crippen molar-refractivity contribution in [3.63, 3.8) is 0 Å². The summed E-state index contributed by atoms with van der Waals surface area (Å²) >= 11 is 6.29. The fourth-order valence-electron chi connectivity index (χ4n) is 8.07. The number of likely N-dealkylation sites (tertiary alicyclic amines) is 1. The van der Waals surface area contributed by atoms with Crippen molar-refractivity contribution in [2.45, 2.75) is 31.1 Å². The first kappa shape index (κ1) is 28.3. The first-order valence-corrected chi connectivity index (χ1v) is 14.9. The number of aryl methyl sites for hydroxylation is 1. The van der Waals surface area contributed by atoms with Gasteiger partial charge in [0.25, 0.3) is 11.8 Å². The number of rotatable bonds is 4. The molecule has 7 rings (SSSR count). The number of anilines is 1. The molecule has 10 heteroatoms. The predicted molar refractivity (Wildman–Crippen MR) is 160 cm³/mol. The van der Waals surface area contributed by atoms with Gasteiger partial charge in [-0.05, 0) is 73.2 Å². The average molecular weight is 614 g/mol. The van der Waals surface area contributed by atoms with Crippen LogP contribution >= 0.6 is 11.6 Å². The minimum Gasteiger partial charge on any atom is -0.507 e. The number of aromatic hydroxyl groups is 1. The van der Waals surface area contributed by atoms with Gasteiger partial charge in [-0.15, -0.1) is 0 Å². The van der Waals surface area contributed by atoms with Gasteiger partial charge in [0, 0.05) is 23.6 Å². The molecule has 0 radical (unpaired) electrons. The van der Waals surface area contributed by atoms with Crippen molar-refractivity contribution in [2.24, 2.45) is 23.7 Å². The third-order valence-electron chi connectivity index (χ3n) is 10.1. The van der Waals surface area contributed by atoms with Gasteiger partial charge in [-0.25, -0.2) is 4.39 Å². The Balaban J connectivity index is 1.49. The van der Waals surface area contributed by atoms with Crippen LogP contribution in [0.5, 0.6) is 5.75 Å². The summed E-state index contributed by atoms with van der Waals surface area (Å²) in [5.74, 6) is -5.69.